The van der Waals surface area contributed by atoms with Gasteiger partial charge in [0.05, 0.1) is 25.3 Å². The Kier molecular flexibility index (Phi) is 12.7. The number of nitrogens with zero attached hydrogens (tertiary/aromatic N) is 7. The summed E-state index contributed by atoms with van der Waals surface area (Å²) in [6, 6.07) is 8.04. The summed E-state index contributed by atoms with van der Waals surface area (Å²) in [7, 11) is 5.64. The molecule has 0 saturated carbocycles. The summed E-state index contributed by atoms with van der Waals surface area (Å²) < 4.78 is 5.51. The number of aryl methyl sites for hydroxylation is 1. The van der Waals surface area contributed by atoms with E-state index in [2.05, 4.69) is 38.6 Å². The van der Waals surface area contributed by atoms with E-state index < -0.39 is 5.91 Å². The molecule has 0 aliphatic carbocycles. The molecule has 1 aliphatic heterocycles. The normalized spacial score (nSPS) is 13.5. The van der Waals surface area contributed by atoms with Crippen LogP contribution < -0.4 is 20.6 Å². The number of benzene rings is 1. The molecular formula is C26H37N9O3. The Labute approximate surface area is 223 Å². The molecule has 12 nitrogen and oxygen atoms in total. The van der Waals surface area contributed by atoms with Crippen molar-refractivity contribution in [3.05, 3.63) is 41.6 Å². The van der Waals surface area contributed by atoms with E-state index in [0.717, 1.165) is 11.1 Å². The zero-order chi connectivity index (χ0) is 27.9. The lowest BCUT2D eigenvalue weighted by molar-refractivity contribution is -0.124. The Morgan fingerprint density at radius 3 is 2.45 bits per heavy atom. The number of hydrogen-bond acceptors (Lipinski definition) is 11. The number of hydroxylamine groups is 1. The second-order valence-corrected chi connectivity index (χ2v) is 8.33. The molecule has 3 N–H and O–H groups in total. The first-order valence-corrected chi connectivity index (χ1v) is 12.1. The molecule has 0 bridgehead atoms. The molecule has 1 amide bonds. The van der Waals surface area contributed by atoms with Crippen molar-refractivity contribution in [2.24, 2.45) is 15.0 Å². The molecule has 0 spiro atoms. The summed E-state index contributed by atoms with van der Waals surface area (Å²) in [5.74, 6) is 1.20. The summed E-state index contributed by atoms with van der Waals surface area (Å²) in [5.41, 5.74) is 4.27. The molecule has 2 aromatic rings. The van der Waals surface area contributed by atoms with Gasteiger partial charge in [-0.25, -0.2) is 15.4 Å². The Balaban J connectivity index is 0.00000161. The van der Waals surface area contributed by atoms with E-state index in [1.165, 1.54) is 12.4 Å². The van der Waals surface area contributed by atoms with Crippen molar-refractivity contribution in [1.29, 1.82) is 0 Å². The van der Waals surface area contributed by atoms with Gasteiger partial charge in [-0.05, 0) is 34.5 Å². The van der Waals surface area contributed by atoms with Gasteiger partial charge in [0.1, 0.15) is 5.69 Å². The average molecular weight is 524 g/mol. The number of carbonyl (C=O) groups excluding carboxylic acids is 1. The molecule has 0 radical (unpaired) electrons. The minimum Gasteiger partial charge on any atom is -0.378 e. The number of anilines is 2. The lowest BCUT2D eigenvalue weighted by Crippen LogP contribution is -2.37. The molecule has 3 rings (SSSR count). The van der Waals surface area contributed by atoms with E-state index in [0.29, 0.717) is 62.5 Å². The van der Waals surface area contributed by atoms with E-state index >= 15 is 0 Å². The van der Waals surface area contributed by atoms with Gasteiger partial charge in [0.25, 0.3) is 5.91 Å². The maximum Gasteiger partial charge on any atom is 0.277 e. The van der Waals surface area contributed by atoms with E-state index in [1.807, 2.05) is 57.2 Å². The van der Waals surface area contributed by atoms with E-state index in [-0.39, 0.29) is 5.57 Å². The zero-order valence-corrected chi connectivity index (χ0v) is 22.5. The molecular weight excluding hydrogens is 486 g/mol. The second kappa shape index (κ2) is 16.0. The molecule has 1 aromatic carbocycles. The highest BCUT2D eigenvalue weighted by atomic mass is 16.5. The highest BCUT2D eigenvalue weighted by molar-refractivity contribution is 6.11. The van der Waals surface area contributed by atoms with Crippen molar-refractivity contribution in [3.8, 4) is 11.4 Å². The minimum atomic E-state index is -0.721. The van der Waals surface area contributed by atoms with Crippen molar-refractivity contribution in [2.45, 2.75) is 6.92 Å². The minimum absolute atomic E-state index is 0.0805. The number of amides is 1. The molecule has 1 saturated heterocycles. The van der Waals surface area contributed by atoms with Crippen LogP contribution in [0.5, 0.6) is 0 Å². The van der Waals surface area contributed by atoms with Gasteiger partial charge >= 0.3 is 0 Å². The monoisotopic (exact) mass is 523 g/mol. The van der Waals surface area contributed by atoms with E-state index in [4.69, 9.17) is 19.9 Å². The standard InChI is InChI=1S/C24H30N8O3.C2H7N/c1-17-5-7-18(8-6-17)21-28-22(20(26-3)23(29-21)32-11-13-35-14-12-32)31(4)10-9-27-16-19(15-25-2)24(33)30-34;1-3-2/h5-8,15-16,34H,2-3,9-14H2,1,4H3,(H,30,33);3H,1-2H3/b19-15+,27-16?;. The number of nitrogens with one attached hydrogen (secondary N) is 2. The first-order chi connectivity index (χ1) is 18.4. The highest BCUT2D eigenvalue weighted by Gasteiger charge is 2.23. The van der Waals surface area contributed by atoms with Crippen LogP contribution in [0, 0.1) is 6.92 Å². The SMILES string of the molecule is C=N/C=C(\C=NCCN(C)c1nc(-c2ccc(C)cc2)nc(N2CCOCC2)c1N=C)C(=O)NO.CNC. The molecule has 0 unspecified atom stereocenters. The molecule has 1 fully saturated rings. The smallest absolute Gasteiger partial charge is 0.277 e. The van der Waals surface area contributed by atoms with Gasteiger partial charge in [-0.2, -0.15) is 0 Å². The number of likely N-dealkylation sites (N-methyl/N-ethyl adjacent to an activating group) is 1. The summed E-state index contributed by atoms with van der Waals surface area (Å²) in [6.45, 7) is 12.5. The Morgan fingerprint density at radius 1 is 1.21 bits per heavy atom. The third-order valence-corrected chi connectivity index (χ3v) is 5.38. The third-order valence-electron chi connectivity index (χ3n) is 5.38. The van der Waals surface area contributed by atoms with Crippen LogP contribution in [0.2, 0.25) is 0 Å². The van der Waals surface area contributed by atoms with Crippen LogP contribution in [0.15, 0.2) is 51.0 Å². The lowest BCUT2D eigenvalue weighted by Gasteiger charge is -2.30. The van der Waals surface area contributed by atoms with Crippen LogP contribution in [0.25, 0.3) is 11.4 Å². The zero-order valence-electron chi connectivity index (χ0n) is 22.5. The van der Waals surface area contributed by atoms with Crippen molar-refractivity contribution in [2.75, 3.05) is 70.3 Å². The fourth-order valence-electron chi connectivity index (χ4n) is 3.46. The van der Waals surface area contributed by atoms with Gasteiger partial charge in [0.2, 0.25) is 0 Å². The predicted molar refractivity (Wildman–Crippen MR) is 154 cm³/mol. The topological polar surface area (TPSA) is 140 Å². The molecule has 2 heterocycles. The molecule has 1 aromatic heterocycles. The fourth-order valence-corrected chi connectivity index (χ4v) is 3.46. The van der Waals surface area contributed by atoms with Crippen LogP contribution in [-0.2, 0) is 9.53 Å². The lowest BCUT2D eigenvalue weighted by atomic mass is 10.1. The van der Waals surface area contributed by atoms with Crippen LogP contribution in [0.1, 0.15) is 5.56 Å². The molecule has 1 aliphatic rings. The van der Waals surface area contributed by atoms with Gasteiger partial charge in [0, 0.05) is 44.7 Å². The number of aromatic nitrogens is 2. The maximum absolute atomic E-state index is 11.6. The number of carbonyl (C=O) groups is 1. The molecule has 0 atom stereocenters. The van der Waals surface area contributed by atoms with Crippen LogP contribution in [-0.4, -0.2) is 101 Å². The van der Waals surface area contributed by atoms with Gasteiger partial charge in [-0.1, -0.05) is 29.8 Å². The maximum atomic E-state index is 11.6. The molecule has 12 heteroatoms. The Morgan fingerprint density at radius 2 is 1.87 bits per heavy atom. The Bertz CT molecular complexity index is 1130. The van der Waals surface area contributed by atoms with E-state index in [9.17, 15) is 4.79 Å². The van der Waals surface area contributed by atoms with Gasteiger partial charge in [-0.15, -0.1) is 0 Å². The van der Waals surface area contributed by atoms with E-state index in [1.54, 1.807) is 5.48 Å². The number of aliphatic imine (C=N–C) groups is 3. The second-order valence-electron chi connectivity index (χ2n) is 8.33. The Hall–Kier alpha value is -4.00. The van der Waals surface area contributed by atoms with Crippen LogP contribution in [0.3, 0.4) is 0 Å². The average Bonchev–Trinajstić information content (AvgIpc) is 2.94. The molecule has 204 valence electrons. The quantitative estimate of drug-likeness (QED) is 0.186. The van der Waals surface area contributed by atoms with Crippen LogP contribution in [0.4, 0.5) is 17.3 Å². The molecule has 38 heavy (non-hydrogen) atoms. The van der Waals surface area contributed by atoms with Crippen molar-refractivity contribution >= 4 is 42.9 Å². The fraction of sp³-hybridized carbons (Fsp3) is 0.385. The number of morpholine rings is 1. The first-order valence-electron chi connectivity index (χ1n) is 12.1. The summed E-state index contributed by atoms with van der Waals surface area (Å²) in [6.07, 6.45) is 2.54. The number of rotatable bonds is 10. The number of ether oxygens (including phenoxy) is 1. The summed E-state index contributed by atoms with van der Waals surface area (Å²) in [5, 5.41) is 11.6. The van der Waals surface area contributed by atoms with Crippen LogP contribution >= 0.6 is 0 Å². The largest absolute Gasteiger partial charge is 0.378 e. The third kappa shape index (κ3) is 8.54. The highest BCUT2D eigenvalue weighted by Crippen LogP contribution is 2.37. The first kappa shape index (κ1) is 30.2. The summed E-state index contributed by atoms with van der Waals surface area (Å²) >= 11 is 0. The van der Waals surface area contributed by atoms with Crippen molar-refractivity contribution < 1.29 is 14.7 Å². The summed E-state index contributed by atoms with van der Waals surface area (Å²) in [4.78, 5) is 37.5. The predicted octanol–water partition coefficient (Wildman–Crippen LogP) is 2.05. The van der Waals surface area contributed by atoms with Crippen molar-refractivity contribution in [1.82, 2.24) is 20.8 Å². The van der Waals surface area contributed by atoms with Gasteiger partial charge in [-0.3, -0.25) is 25.0 Å². The number of hydrogen-bond donors (Lipinski definition) is 3. The van der Waals surface area contributed by atoms with Crippen molar-refractivity contribution in [3.63, 3.8) is 0 Å². The van der Waals surface area contributed by atoms with Gasteiger partial charge < -0.3 is 19.9 Å². The van der Waals surface area contributed by atoms with Gasteiger partial charge in [0.15, 0.2) is 17.5 Å².